The highest BCUT2D eigenvalue weighted by molar-refractivity contribution is 5.77. The lowest BCUT2D eigenvalue weighted by molar-refractivity contribution is -0.120. The molecular weight excluding hydrogens is 336 g/mol. The van der Waals surface area contributed by atoms with Gasteiger partial charge in [0.15, 0.2) is 5.82 Å². The summed E-state index contributed by atoms with van der Waals surface area (Å²) in [6.45, 7) is 5.21. The van der Waals surface area contributed by atoms with E-state index in [2.05, 4.69) is 26.4 Å². The number of benzene rings is 1. The molecule has 0 bridgehead atoms. The number of hydrogen-bond donors (Lipinski definition) is 1. The van der Waals surface area contributed by atoms with E-state index in [4.69, 9.17) is 14.0 Å². The molecule has 140 valence electrons. The molecule has 1 unspecified atom stereocenters. The van der Waals surface area contributed by atoms with Gasteiger partial charge in [0, 0.05) is 26.6 Å². The van der Waals surface area contributed by atoms with Gasteiger partial charge in [-0.05, 0) is 17.7 Å². The summed E-state index contributed by atoms with van der Waals surface area (Å²) in [5.74, 6) is 1.51. The minimum atomic E-state index is -0.132. The van der Waals surface area contributed by atoms with E-state index in [1.807, 2.05) is 18.2 Å². The summed E-state index contributed by atoms with van der Waals surface area (Å²) in [5, 5.41) is 6.75. The number of amides is 1. The van der Waals surface area contributed by atoms with Gasteiger partial charge in [0.05, 0.1) is 32.8 Å². The van der Waals surface area contributed by atoms with Crippen LogP contribution in [0, 0.1) is 6.92 Å². The van der Waals surface area contributed by atoms with Gasteiger partial charge >= 0.3 is 0 Å². The van der Waals surface area contributed by atoms with Crippen molar-refractivity contribution in [1.29, 1.82) is 0 Å². The normalized spacial score (nSPS) is 16.2. The molecule has 2 aromatic rings. The van der Waals surface area contributed by atoms with E-state index in [9.17, 15) is 4.79 Å². The van der Waals surface area contributed by atoms with Crippen LogP contribution < -0.4 is 10.1 Å². The predicted octanol–water partition coefficient (Wildman–Crippen LogP) is 1.12. The molecule has 2 heterocycles. The Bertz CT molecular complexity index is 727. The third-order valence-electron chi connectivity index (χ3n) is 4.35. The van der Waals surface area contributed by atoms with Crippen molar-refractivity contribution in [2.75, 3.05) is 40.0 Å². The standard InChI is InChI=1S/C18H24N4O4/c1-13-20-17(21-26-13)11-18(23)19-12-16(22-6-8-25-9-7-22)14-4-3-5-15(10-14)24-2/h3-5,10,16H,6-9,11-12H2,1-2H3,(H,19,23). The maximum absolute atomic E-state index is 12.3. The van der Waals surface area contributed by atoms with E-state index in [0.29, 0.717) is 31.5 Å². The van der Waals surface area contributed by atoms with Crippen molar-refractivity contribution in [1.82, 2.24) is 20.4 Å². The number of rotatable bonds is 7. The van der Waals surface area contributed by atoms with Crippen LogP contribution in [-0.2, 0) is 16.0 Å². The second kappa shape index (κ2) is 8.77. The van der Waals surface area contributed by atoms with Crippen LogP contribution in [0.2, 0.25) is 0 Å². The summed E-state index contributed by atoms with van der Waals surface area (Å²) in [7, 11) is 1.65. The largest absolute Gasteiger partial charge is 0.497 e. The molecule has 0 saturated carbocycles. The van der Waals surface area contributed by atoms with Gasteiger partial charge in [-0.15, -0.1) is 0 Å². The van der Waals surface area contributed by atoms with E-state index in [-0.39, 0.29) is 18.4 Å². The highest BCUT2D eigenvalue weighted by Gasteiger charge is 2.24. The van der Waals surface area contributed by atoms with Crippen LogP contribution in [0.5, 0.6) is 5.75 Å². The fourth-order valence-corrected chi connectivity index (χ4v) is 3.03. The van der Waals surface area contributed by atoms with Crippen molar-refractivity contribution in [3.05, 3.63) is 41.5 Å². The van der Waals surface area contributed by atoms with Crippen LogP contribution >= 0.6 is 0 Å². The second-order valence-corrected chi connectivity index (χ2v) is 6.15. The number of carbonyl (C=O) groups excluding carboxylic acids is 1. The Labute approximate surface area is 152 Å². The van der Waals surface area contributed by atoms with E-state index in [1.165, 1.54) is 0 Å². The van der Waals surface area contributed by atoms with Crippen molar-refractivity contribution in [3.8, 4) is 5.75 Å². The first kappa shape index (κ1) is 18.3. The Morgan fingerprint density at radius 2 is 2.19 bits per heavy atom. The van der Waals surface area contributed by atoms with Crippen LogP contribution in [-0.4, -0.2) is 60.9 Å². The van der Waals surface area contributed by atoms with Gasteiger partial charge in [-0.2, -0.15) is 4.98 Å². The topological polar surface area (TPSA) is 89.7 Å². The minimum Gasteiger partial charge on any atom is -0.497 e. The Morgan fingerprint density at radius 1 is 1.38 bits per heavy atom. The molecule has 0 aliphatic carbocycles. The molecule has 0 spiro atoms. The molecule has 1 aromatic carbocycles. The number of aryl methyl sites for hydroxylation is 1. The Hall–Kier alpha value is -2.45. The molecule has 0 radical (unpaired) electrons. The van der Waals surface area contributed by atoms with Gasteiger partial charge in [-0.25, -0.2) is 0 Å². The molecule has 3 rings (SSSR count). The quantitative estimate of drug-likeness (QED) is 0.791. The Balaban J connectivity index is 1.67. The Kier molecular flexibility index (Phi) is 6.19. The van der Waals surface area contributed by atoms with Crippen molar-refractivity contribution >= 4 is 5.91 Å². The van der Waals surface area contributed by atoms with E-state index < -0.39 is 0 Å². The van der Waals surface area contributed by atoms with Gasteiger partial charge in [-0.1, -0.05) is 17.3 Å². The van der Waals surface area contributed by atoms with Gasteiger partial charge in [0.1, 0.15) is 5.75 Å². The highest BCUT2D eigenvalue weighted by Crippen LogP contribution is 2.24. The fraction of sp³-hybridized carbons (Fsp3) is 0.500. The zero-order chi connectivity index (χ0) is 18.4. The summed E-state index contributed by atoms with van der Waals surface area (Å²) in [6, 6.07) is 7.99. The number of nitrogens with zero attached hydrogens (tertiary/aromatic N) is 3. The van der Waals surface area contributed by atoms with Crippen LogP contribution in [0.25, 0.3) is 0 Å². The summed E-state index contributed by atoms with van der Waals surface area (Å²) >= 11 is 0. The lowest BCUT2D eigenvalue weighted by Crippen LogP contribution is -2.44. The molecule has 26 heavy (non-hydrogen) atoms. The van der Waals surface area contributed by atoms with Crippen LogP contribution in [0.3, 0.4) is 0 Å². The fourth-order valence-electron chi connectivity index (χ4n) is 3.03. The number of aromatic nitrogens is 2. The summed E-state index contributed by atoms with van der Waals surface area (Å²) in [6.07, 6.45) is 0.102. The summed E-state index contributed by atoms with van der Waals surface area (Å²) in [4.78, 5) is 18.6. The number of methoxy groups -OCH3 is 1. The molecular formula is C18H24N4O4. The molecule has 1 atom stereocenters. The van der Waals surface area contributed by atoms with Crippen LogP contribution in [0.1, 0.15) is 23.3 Å². The number of carbonyl (C=O) groups is 1. The molecule has 1 aromatic heterocycles. The first-order valence-electron chi connectivity index (χ1n) is 8.67. The second-order valence-electron chi connectivity index (χ2n) is 6.15. The molecule has 1 saturated heterocycles. The van der Waals surface area contributed by atoms with E-state index >= 15 is 0 Å². The lowest BCUT2D eigenvalue weighted by Gasteiger charge is -2.35. The van der Waals surface area contributed by atoms with Crippen molar-refractivity contribution < 1.29 is 18.8 Å². The van der Waals surface area contributed by atoms with Crippen LogP contribution in [0.15, 0.2) is 28.8 Å². The maximum Gasteiger partial charge on any atom is 0.227 e. The summed E-state index contributed by atoms with van der Waals surface area (Å²) < 4.78 is 15.7. The highest BCUT2D eigenvalue weighted by atomic mass is 16.5. The smallest absolute Gasteiger partial charge is 0.227 e. The summed E-state index contributed by atoms with van der Waals surface area (Å²) in [5.41, 5.74) is 1.10. The van der Waals surface area contributed by atoms with Crippen LogP contribution in [0.4, 0.5) is 0 Å². The van der Waals surface area contributed by atoms with Gasteiger partial charge in [-0.3, -0.25) is 9.69 Å². The van der Waals surface area contributed by atoms with Crippen molar-refractivity contribution in [2.24, 2.45) is 0 Å². The molecule has 1 amide bonds. The van der Waals surface area contributed by atoms with Gasteiger partial charge in [0.2, 0.25) is 11.8 Å². The third kappa shape index (κ3) is 4.80. The third-order valence-corrected chi connectivity index (χ3v) is 4.35. The molecule has 1 aliphatic heterocycles. The molecule has 1 N–H and O–H groups in total. The predicted molar refractivity (Wildman–Crippen MR) is 93.9 cm³/mol. The van der Waals surface area contributed by atoms with Gasteiger partial charge < -0.3 is 19.3 Å². The van der Waals surface area contributed by atoms with Gasteiger partial charge in [0.25, 0.3) is 0 Å². The molecule has 8 nitrogen and oxygen atoms in total. The number of nitrogens with one attached hydrogen (secondary N) is 1. The monoisotopic (exact) mass is 360 g/mol. The van der Waals surface area contributed by atoms with E-state index in [0.717, 1.165) is 24.4 Å². The molecule has 8 heteroatoms. The number of ether oxygens (including phenoxy) is 2. The zero-order valence-corrected chi connectivity index (χ0v) is 15.1. The average molecular weight is 360 g/mol. The number of hydrogen-bond acceptors (Lipinski definition) is 7. The SMILES string of the molecule is COc1cccc(C(CNC(=O)Cc2noc(C)n2)N2CCOCC2)c1. The molecule has 1 aliphatic rings. The average Bonchev–Trinajstić information content (AvgIpc) is 3.07. The minimum absolute atomic E-state index is 0.0463. The first-order valence-corrected chi connectivity index (χ1v) is 8.67. The lowest BCUT2D eigenvalue weighted by atomic mass is 10.0. The molecule has 1 fully saturated rings. The first-order chi connectivity index (χ1) is 12.7. The maximum atomic E-state index is 12.3. The Morgan fingerprint density at radius 3 is 2.88 bits per heavy atom. The van der Waals surface area contributed by atoms with E-state index in [1.54, 1.807) is 14.0 Å². The number of morpholine rings is 1. The van der Waals surface area contributed by atoms with Crippen molar-refractivity contribution in [3.63, 3.8) is 0 Å². The van der Waals surface area contributed by atoms with Crippen molar-refractivity contribution in [2.45, 2.75) is 19.4 Å². The zero-order valence-electron chi connectivity index (χ0n) is 15.1.